The van der Waals surface area contributed by atoms with Crippen LogP contribution in [-0.2, 0) is 10.9 Å². The molecular weight excluding hydrogens is 359 g/mol. The third-order valence-corrected chi connectivity index (χ3v) is 4.38. The predicted octanol–water partition coefficient (Wildman–Crippen LogP) is 2.85. The molecule has 1 aromatic carbocycles. The Labute approximate surface area is 154 Å². The van der Waals surface area contributed by atoms with Gasteiger partial charge in [-0.15, -0.1) is 0 Å². The number of halogens is 3. The molecule has 6 nitrogen and oxygen atoms in total. The van der Waals surface area contributed by atoms with E-state index in [2.05, 4.69) is 20.2 Å². The summed E-state index contributed by atoms with van der Waals surface area (Å²) in [5, 5.41) is 12.2. The molecule has 1 aliphatic heterocycles. The molecule has 142 valence electrons. The smallest absolute Gasteiger partial charge is 0.379 e. The van der Waals surface area contributed by atoms with Crippen LogP contribution in [-0.4, -0.2) is 47.7 Å². The summed E-state index contributed by atoms with van der Waals surface area (Å²) in [6.45, 7) is 2.83. The van der Waals surface area contributed by atoms with Gasteiger partial charge in [-0.05, 0) is 17.7 Å². The lowest BCUT2D eigenvalue weighted by atomic mass is 10.0. The maximum atomic E-state index is 12.8. The lowest BCUT2D eigenvalue weighted by Crippen LogP contribution is -2.41. The Morgan fingerprint density at radius 1 is 1.15 bits per heavy atom. The number of benzene rings is 1. The molecular formula is C18H18F3N5O. The molecule has 0 spiro atoms. The summed E-state index contributed by atoms with van der Waals surface area (Å²) in [4.78, 5) is 10.2. The minimum absolute atomic E-state index is 0.172. The van der Waals surface area contributed by atoms with Crippen LogP contribution < -0.4 is 5.32 Å². The van der Waals surface area contributed by atoms with Gasteiger partial charge < -0.3 is 10.1 Å². The number of hydrogen-bond donors (Lipinski definition) is 1. The van der Waals surface area contributed by atoms with Crippen LogP contribution in [0.5, 0.6) is 0 Å². The quantitative estimate of drug-likeness (QED) is 0.864. The molecule has 0 bridgehead atoms. The Morgan fingerprint density at radius 2 is 1.81 bits per heavy atom. The molecule has 2 heterocycles. The van der Waals surface area contributed by atoms with Crippen LogP contribution in [0.15, 0.2) is 36.7 Å². The van der Waals surface area contributed by atoms with Crippen molar-refractivity contribution >= 4 is 5.82 Å². The third kappa shape index (κ3) is 4.72. The zero-order chi connectivity index (χ0) is 19.3. The van der Waals surface area contributed by atoms with Crippen molar-refractivity contribution in [1.82, 2.24) is 14.9 Å². The summed E-state index contributed by atoms with van der Waals surface area (Å²) in [5.74, 6) is 0.352. The summed E-state index contributed by atoms with van der Waals surface area (Å²) in [5.41, 5.74) is 0.242. The minimum atomic E-state index is -4.37. The van der Waals surface area contributed by atoms with E-state index in [-0.39, 0.29) is 11.7 Å². The highest BCUT2D eigenvalue weighted by molar-refractivity contribution is 5.47. The largest absolute Gasteiger partial charge is 0.416 e. The van der Waals surface area contributed by atoms with E-state index in [9.17, 15) is 13.2 Å². The van der Waals surface area contributed by atoms with Crippen LogP contribution in [0.2, 0.25) is 0 Å². The van der Waals surface area contributed by atoms with Crippen LogP contribution in [0.3, 0.4) is 0 Å². The van der Waals surface area contributed by atoms with E-state index in [4.69, 9.17) is 10.00 Å². The fraction of sp³-hybridized carbons (Fsp3) is 0.389. The van der Waals surface area contributed by atoms with Crippen molar-refractivity contribution in [2.24, 2.45) is 0 Å². The molecule has 0 radical (unpaired) electrons. The molecule has 1 aliphatic rings. The SMILES string of the molecule is N#Cc1nccnc1NCC(c1ccc(C(F)(F)F)cc1)N1CCOCC1. The summed E-state index contributed by atoms with van der Waals surface area (Å²) < 4.78 is 43.9. The number of nitrogens with zero attached hydrogens (tertiary/aromatic N) is 4. The predicted molar refractivity (Wildman–Crippen MR) is 91.8 cm³/mol. The number of alkyl halides is 3. The summed E-state index contributed by atoms with van der Waals surface area (Å²) in [6.07, 6.45) is -1.46. The molecule has 1 fully saturated rings. The van der Waals surface area contributed by atoms with Gasteiger partial charge in [0.2, 0.25) is 0 Å². The Morgan fingerprint density at radius 3 is 2.44 bits per heavy atom. The highest BCUT2D eigenvalue weighted by Gasteiger charge is 2.31. The van der Waals surface area contributed by atoms with Gasteiger partial charge in [-0.2, -0.15) is 18.4 Å². The monoisotopic (exact) mass is 377 g/mol. The van der Waals surface area contributed by atoms with E-state index in [0.717, 1.165) is 17.7 Å². The van der Waals surface area contributed by atoms with E-state index in [1.165, 1.54) is 24.5 Å². The molecule has 9 heteroatoms. The molecule has 0 saturated carbocycles. The fourth-order valence-electron chi connectivity index (χ4n) is 2.98. The van der Waals surface area contributed by atoms with Crippen LogP contribution >= 0.6 is 0 Å². The van der Waals surface area contributed by atoms with E-state index < -0.39 is 11.7 Å². The van der Waals surface area contributed by atoms with Gasteiger partial charge in [-0.25, -0.2) is 9.97 Å². The third-order valence-electron chi connectivity index (χ3n) is 4.38. The van der Waals surface area contributed by atoms with Crippen LogP contribution in [0.4, 0.5) is 19.0 Å². The normalized spacial score (nSPS) is 16.5. The van der Waals surface area contributed by atoms with E-state index in [1.54, 1.807) is 0 Å². The number of rotatable bonds is 5. The van der Waals surface area contributed by atoms with E-state index in [0.29, 0.717) is 38.7 Å². The van der Waals surface area contributed by atoms with Crippen LogP contribution in [0, 0.1) is 11.3 Å². The Bertz CT molecular complexity index is 798. The molecule has 2 aromatic rings. The highest BCUT2D eigenvalue weighted by Crippen LogP contribution is 2.31. The van der Waals surface area contributed by atoms with Crippen LogP contribution in [0.1, 0.15) is 22.9 Å². The van der Waals surface area contributed by atoms with Crippen molar-refractivity contribution < 1.29 is 17.9 Å². The average molecular weight is 377 g/mol. The second-order valence-electron chi connectivity index (χ2n) is 6.03. The van der Waals surface area contributed by atoms with E-state index in [1.807, 2.05) is 6.07 Å². The second-order valence-corrected chi connectivity index (χ2v) is 6.03. The standard InChI is InChI=1S/C18H18F3N5O/c19-18(20,21)14-3-1-13(2-4-14)16(26-7-9-27-10-8-26)12-25-17-15(11-22)23-5-6-24-17/h1-6,16H,7-10,12H2,(H,24,25). The average Bonchev–Trinajstić information content (AvgIpc) is 2.69. The first-order valence-corrected chi connectivity index (χ1v) is 8.43. The van der Waals surface area contributed by atoms with Crippen molar-refractivity contribution in [3.8, 4) is 6.07 Å². The molecule has 3 rings (SSSR count). The van der Waals surface area contributed by atoms with Crippen molar-refractivity contribution in [2.75, 3.05) is 38.2 Å². The van der Waals surface area contributed by atoms with E-state index >= 15 is 0 Å². The van der Waals surface area contributed by atoms with Gasteiger partial charge in [0.15, 0.2) is 11.5 Å². The number of hydrogen-bond acceptors (Lipinski definition) is 6. The zero-order valence-corrected chi connectivity index (χ0v) is 14.4. The fourth-order valence-corrected chi connectivity index (χ4v) is 2.98. The number of morpholine rings is 1. The molecule has 1 saturated heterocycles. The van der Waals surface area contributed by atoms with Gasteiger partial charge in [0.1, 0.15) is 6.07 Å². The number of ether oxygens (including phenoxy) is 1. The molecule has 0 amide bonds. The Balaban J connectivity index is 1.82. The molecule has 1 unspecified atom stereocenters. The van der Waals surface area contributed by atoms with Crippen LogP contribution in [0.25, 0.3) is 0 Å². The lowest BCUT2D eigenvalue weighted by Gasteiger charge is -2.35. The number of nitriles is 1. The molecule has 1 N–H and O–H groups in total. The molecule has 1 aromatic heterocycles. The Hall–Kier alpha value is -2.70. The molecule has 0 aliphatic carbocycles. The second kappa shape index (κ2) is 8.33. The molecule has 27 heavy (non-hydrogen) atoms. The van der Waals surface area contributed by atoms with Crippen molar-refractivity contribution in [2.45, 2.75) is 12.2 Å². The van der Waals surface area contributed by atoms with Crippen molar-refractivity contribution in [3.63, 3.8) is 0 Å². The summed E-state index contributed by atoms with van der Waals surface area (Å²) in [7, 11) is 0. The van der Waals surface area contributed by atoms with Gasteiger partial charge >= 0.3 is 6.18 Å². The topological polar surface area (TPSA) is 74.1 Å². The van der Waals surface area contributed by atoms with Gasteiger partial charge in [-0.3, -0.25) is 4.90 Å². The summed E-state index contributed by atoms with van der Waals surface area (Å²) in [6, 6.07) is 6.94. The zero-order valence-electron chi connectivity index (χ0n) is 14.4. The van der Waals surface area contributed by atoms with Crippen molar-refractivity contribution in [1.29, 1.82) is 5.26 Å². The first kappa shape index (κ1) is 19.1. The van der Waals surface area contributed by atoms with Gasteiger partial charge in [-0.1, -0.05) is 12.1 Å². The maximum absolute atomic E-state index is 12.8. The first-order chi connectivity index (χ1) is 13.0. The van der Waals surface area contributed by atoms with Gasteiger partial charge in [0, 0.05) is 32.0 Å². The summed E-state index contributed by atoms with van der Waals surface area (Å²) >= 11 is 0. The van der Waals surface area contributed by atoms with Gasteiger partial charge in [0.25, 0.3) is 0 Å². The maximum Gasteiger partial charge on any atom is 0.416 e. The van der Waals surface area contributed by atoms with Gasteiger partial charge in [0.05, 0.1) is 24.8 Å². The first-order valence-electron chi connectivity index (χ1n) is 8.43. The molecule has 1 atom stereocenters. The lowest BCUT2D eigenvalue weighted by molar-refractivity contribution is -0.137. The highest BCUT2D eigenvalue weighted by atomic mass is 19.4. The number of nitrogens with one attached hydrogen (secondary N) is 1. The Kier molecular flexibility index (Phi) is 5.88. The number of anilines is 1. The minimum Gasteiger partial charge on any atom is -0.379 e. The number of aromatic nitrogens is 2. The van der Waals surface area contributed by atoms with Crippen molar-refractivity contribution in [3.05, 3.63) is 53.5 Å².